The molecule has 0 radical (unpaired) electrons. The van der Waals surface area contributed by atoms with Crippen LogP contribution in [0.25, 0.3) is 0 Å². The van der Waals surface area contributed by atoms with Gasteiger partial charge in [0.1, 0.15) is 5.75 Å². The molecule has 0 aromatic heterocycles. The number of carbonyl (C=O) groups excluding carboxylic acids is 1. The second-order valence-electron chi connectivity index (χ2n) is 5.75. The van der Waals surface area contributed by atoms with Gasteiger partial charge in [-0.3, -0.25) is 9.59 Å². The van der Waals surface area contributed by atoms with Crippen molar-refractivity contribution in [1.29, 1.82) is 0 Å². The van der Waals surface area contributed by atoms with Crippen LogP contribution in [0.2, 0.25) is 5.02 Å². The molecule has 0 bridgehead atoms. The van der Waals surface area contributed by atoms with Crippen LogP contribution in [-0.4, -0.2) is 24.1 Å². The van der Waals surface area contributed by atoms with Gasteiger partial charge in [0.2, 0.25) is 5.91 Å². The zero-order valence-electron chi connectivity index (χ0n) is 12.1. The number of carboxylic acids is 1. The van der Waals surface area contributed by atoms with Crippen molar-refractivity contribution in [2.45, 2.75) is 20.4 Å². The maximum absolute atomic E-state index is 12.2. The predicted molar refractivity (Wildman–Crippen MR) is 78.2 cm³/mol. The second-order valence-corrected chi connectivity index (χ2v) is 6.16. The minimum absolute atomic E-state index is 0.209. The zero-order valence-corrected chi connectivity index (χ0v) is 12.9. The standard InChI is InChI=1S/C15H18ClNO4/c1-15(2)11(12(15)14(19)20)13(18)17-7-8-9(16)5-4-6-10(8)21-3/h4-6,11-12H,7H2,1-3H3,(H,17,18)(H,19,20)/t11-,12+/m0/s1. The number of rotatable bonds is 5. The van der Waals surface area contributed by atoms with Crippen LogP contribution in [0.3, 0.4) is 0 Å². The Hall–Kier alpha value is -1.75. The molecular formula is C15H18ClNO4. The molecule has 1 fully saturated rings. The molecule has 0 saturated heterocycles. The molecule has 6 heteroatoms. The predicted octanol–water partition coefficient (Wildman–Crippen LogP) is 2.32. The van der Waals surface area contributed by atoms with Gasteiger partial charge < -0.3 is 15.2 Å². The number of benzene rings is 1. The van der Waals surface area contributed by atoms with Gasteiger partial charge in [0, 0.05) is 17.1 Å². The smallest absolute Gasteiger partial charge is 0.307 e. The number of hydrogen-bond donors (Lipinski definition) is 2. The molecule has 0 spiro atoms. The third kappa shape index (κ3) is 2.83. The van der Waals surface area contributed by atoms with Crippen molar-refractivity contribution in [1.82, 2.24) is 5.32 Å². The molecule has 5 nitrogen and oxygen atoms in total. The topological polar surface area (TPSA) is 75.6 Å². The van der Waals surface area contributed by atoms with E-state index >= 15 is 0 Å². The molecular weight excluding hydrogens is 294 g/mol. The first kappa shape index (κ1) is 15.6. The van der Waals surface area contributed by atoms with E-state index in [1.807, 2.05) is 0 Å². The third-order valence-corrected chi connectivity index (χ3v) is 4.47. The van der Waals surface area contributed by atoms with Crippen molar-refractivity contribution < 1.29 is 19.4 Å². The fraction of sp³-hybridized carbons (Fsp3) is 0.467. The Kier molecular flexibility index (Phi) is 4.14. The molecule has 1 aliphatic carbocycles. The Morgan fingerprint density at radius 2 is 2.05 bits per heavy atom. The number of ether oxygens (including phenoxy) is 1. The van der Waals surface area contributed by atoms with Crippen LogP contribution in [0.15, 0.2) is 18.2 Å². The van der Waals surface area contributed by atoms with Gasteiger partial charge in [0.05, 0.1) is 18.9 Å². The number of halogens is 1. The molecule has 1 aliphatic rings. The fourth-order valence-corrected chi connectivity index (χ4v) is 3.01. The lowest BCUT2D eigenvalue weighted by Crippen LogP contribution is -2.27. The minimum atomic E-state index is -0.935. The van der Waals surface area contributed by atoms with Crippen molar-refractivity contribution in [3.63, 3.8) is 0 Å². The van der Waals surface area contributed by atoms with E-state index in [1.54, 1.807) is 32.0 Å². The number of methoxy groups -OCH3 is 1. The quantitative estimate of drug-likeness (QED) is 0.875. The van der Waals surface area contributed by atoms with E-state index in [2.05, 4.69) is 5.32 Å². The van der Waals surface area contributed by atoms with Crippen molar-refractivity contribution in [3.05, 3.63) is 28.8 Å². The van der Waals surface area contributed by atoms with Crippen molar-refractivity contribution in [3.8, 4) is 5.75 Å². The number of nitrogens with one attached hydrogen (secondary N) is 1. The van der Waals surface area contributed by atoms with E-state index in [9.17, 15) is 9.59 Å². The van der Waals surface area contributed by atoms with E-state index in [0.717, 1.165) is 0 Å². The first-order valence-electron chi connectivity index (χ1n) is 6.62. The van der Waals surface area contributed by atoms with Crippen LogP contribution in [0, 0.1) is 17.3 Å². The molecule has 0 unspecified atom stereocenters. The maximum Gasteiger partial charge on any atom is 0.307 e. The highest BCUT2D eigenvalue weighted by Gasteiger charge is 2.65. The summed E-state index contributed by atoms with van der Waals surface area (Å²) in [6.45, 7) is 3.78. The summed E-state index contributed by atoms with van der Waals surface area (Å²) < 4.78 is 5.20. The van der Waals surface area contributed by atoms with Crippen molar-refractivity contribution in [2.24, 2.45) is 17.3 Å². The van der Waals surface area contributed by atoms with E-state index < -0.39 is 23.2 Å². The molecule has 1 saturated carbocycles. The third-order valence-electron chi connectivity index (χ3n) is 4.11. The van der Waals surface area contributed by atoms with Crippen LogP contribution >= 0.6 is 11.6 Å². The molecule has 1 aromatic rings. The maximum atomic E-state index is 12.2. The Bertz CT molecular complexity index is 585. The van der Waals surface area contributed by atoms with E-state index in [1.165, 1.54) is 7.11 Å². The average Bonchev–Trinajstić information content (AvgIpc) is 3.00. The molecule has 0 aliphatic heterocycles. The van der Waals surface area contributed by atoms with E-state index in [0.29, 0.717) is 16.3 Å². The highest BCUT2D eigenvalue weighted by Crippen LogP contribution is 2.58. The van der Waals surface area contributed by atoms with Crippen LogP contribution in [-0.2, 0) is 16.1 Å². The van der Waals surface area contributed by atoms with Crippen LogP contribution in [0.5, 0.6) is 5.75 Å². The largest absolute Gasteiger partial charge is 0.496 e. The lowest BCUT2D eigenvalue weighted by molar-refractivity contribution is -0.140. The average molecular weight is 312 g/mol. The number of carboxylic acid groups (broad SMARTS) is 1. The number of hydrogen-bond acceptors (Lipinski definition) is 3. The van der Waals surface area contributed by atoms with Gasteiger partial charge in [-0.05, 0) is 17.5 Å². The molecule has 2 atom stereocenters. The zero-order chi connectivity index (χ0) is 15.8. The summed E-state index contributed by atoms with van der Waals surface area (Å²) in [6.07, 6.45) is 0. The number of carbonyl (C=O) groups is 2. The lowest BCUT2D eigenvalue weighted by atomic mass is 10.1. The summed E-state index contributed by atoms with van der Waals surface area (Å²) in [5.41, 5.74) is 0.167. The molecule has 0 heterocycles. The van der Waals surface area contributed by atoms with Gasteiger partial charge in [-0.25, -0.2) is 0 Å². The molecule has 21 heavy (non-hydrogen) atoms. The first-order valence-corrected chi connectivity index (χ1v) is 7.00. The van der Waals surface area contributed by atoms with Crippen molar-refractivity contribution >= 4 is 23.5 Å². The summed E-state index contributed by atoms with van der Waals surface area (Å²) in [5, 5.41) is 12.3. The molecule has 2 N–H and O–H groups in total. The summed E-state index contributed by atoms with van der Waals surface area (Å²) in [4.78, 5) is 23.3. The van der Waals surface area contributed by atoms with Crippen LogP contribution in [0.4, 0.5) is 0 Å². The molecule has 1 aromatic carbocycles. The number of amides is 1. The second kappa shape index (κ2) is 5.56. The highest BCUT2D eigenvalue weighted by molar-refractivity contribution is 6.31. The van der Waals surface area contributed by atoms with Crippen LogP contribution < -0.4 is 10.1 Å². The fourth-order valence-electron chi connectivity index (χ4n) is 2.78. The van der Waals surface area contributed by atoms with Crippen molar-refractivity contribution in [2.75, 3.05) is 7.11 Å². The normalized spacial score (nSPS) is 22.5. The molecule has 1 amide bonds. The Morgan fingerprint density at radius 1 is 1.38 bits per heavy atom. The van der Waals surface area contributed by atoms with E-state index in [4.69, 9.17) is 21.4 Å². The van der Waals surface area contributed by atoms with Gasteiger partial charge in [-0.15, -0.1) is 0 Å². The van der Waals surface area contributed by atoms with Crippen LogP contribution in [0.1, 0.15) is 19.4 Å². The highest BCUT2D eigenvalue weighted by atomic mass is 35.5. The van der Waals surface area contributed by atoms with Gasteiger partial charge in [0.25, 0.3) is 0 Å². The van der Waals surface area contributed by atoms with Gasteiger partial charge in [-0.2, -0.15) is 0 Å². The summed E-state index contributed by atoms with van der Waals surface area (Å²) in [7, 11) is 1.53. The summed E-state index contributed by atoms with van der Waals surface area (Å²) in [5.74, 6) is -1.76. The van der Waals surface area contributed by atoms with Gasteiger partial charge in [-0.1, -0.05) is 31.5 Å². The molecule has 2 rings (SSSR count). The Labute approximate surface area is 128 Å². The summed E-state index contributed by atoms with van der Waals surface area (Å²) in [6, 6.07) is 5.23. The Balaban J connectivity index is 2.05. The SMILES string of the molecule is COc1cccc(Cl)c1CNC(=O)[C@@H]1[C@H](C(=O)O)C1(C)C. The monoisotopic (exact) mass is 311 g/mol. The minimum Gasteiger partial charge on any atom is -0.496 e. The van der Waals surface area contributed by atoms with E-state index in [-0.39, 0.29) is 12.5 Å². The Morgan fingerprint density at radius 3 is 2.57 bits per heavy atom. The van der Waals surface area contributed by atoms with Gasteiger partial charge >= 0.3 is 5.97 Å². The summed E-state index contributed by atoms with van der Waals surface area (Å²) >= 11 is 6.10. The first-order chi connectivity index (χ1) is 9.80. The van der Waals surface area contributed by atoms with Gasteiger partial charge in [0.15, 0.2) is 0 Å². The lowest BCUT2D eigenvalue weighted by Gasteiger charge is -2.11. The molecule has 114 valence electrons. The number of aliphatic carboxylic acids is 1.